The minimum absolute atomic E-state index is 0.145. The highest BCUT2D eigenvalue weighted by atomic mass is 16.5. The maximum atomic E-state index is 12.9. The van der Waals surface area contributed by atoms with Gasteiger partial charge in [0.15, 0.2) is 0 Å². The Morgan fingerprint density at radius 3 is 2.18 bits per heavy atom. The lowest BCUT2D eigenvalue weighted by Gasteiger charge is -2.35. The van der Waals surface area contributed by atoms with Crippen molar-refractivity contribution in [3.63, 3.8) is 0 Å². The Kier molecular flexibility index (Phi) is 7.15. The molecule has 2 aromatic carbocycles. The van der Waals surface area contributed by atoms with Crippen molar-refractivity contribution in [3.8, 4) is 22.9 Å². The number of ether oxygens (including phenoxy) is 2. The quantitative estimate of drug-likeness (QED) is 0.455. The third-order valence-electron chi connectivity index (χ3n) is 5.65. The first kappa shape index (κ1) is 23.4. The molecule has 1 unspecified atom stereocenters. The molecule has 0 bridgehead atoms. The topological polar surface area (TPSA) is 89.7 Å². The molecule has 34 heavy (non-hydrogen) atoms. The second kappa shape index (κ2) is 10.4. The van der Waals surface area contributed by atoms with E-state index in [1.807, 2.05) is 76.2 Å². The van der Waals surface area contributed by atoms with E-state index in [2.05, 4.69) is 10.5 Å². The summed E-state index contributed by atoms with van der Waals surface area (Å²) in [6, 6.07) is 14.7. The first-order chi connectivity index (χ1) is 16.5. The molecule has 4 rings (SSSR count). The highest BCUT2D eigenvalue weighted by Crippen LogP contribution is 2.38. The van der Waals surface area contributed by atoms with E-state index in [1.54, 1.807) is 4.90 Å². The lowest BCUT2D eigenvalue weighted by Crippen LogP contribution is -2.46. The van der Waals surface area contributed by atoms with Gasteiger partial charge in [-0.15, -0.1) is 0 Å². The molecule has 0 saturated carbocycles. The van der Waals surface area contributed by atoms with Crippen molar-refractivity contribution in [2.45, 2.75) is 40.2 Å². The van der Waals surface area contributed by atoms with Crippen molar-refractivity contribution in [1.29, 1.82) is 0 Å². The van der Waals surface area contributed by atoms with Crippen LogP contribution in [0.3, 0.4) is 0 Å². The lowest BCUT2D eigenvalue weighted by atomic mass is 9.94. The second-order valence-electron chi connectivity index (χ2n) is 7.92. The molecule has 2 amide bonds. The van der Waals surface area contributed by atoms with Gasteiger partial charge < -0.3 is 19.3 Å². The van der Waals surface area contributed by atoms with E-state index in [-0.39, 0.29) is 6.03 Å². The number of rotatable bonds is 9. The molecule has 0 saturated heterocycles. The first-order valence-electron chi connectivity index (χ1n) is 11.6. The van der Waals surface area contributed by atoms with Gasteiger partial charge in [-0.05, 0) is 69.2 Å². The van der Waals surface area contributed by atoms with Gasteiger partial charge in [0.1, 0.15) is 11.5 Å². The van der Waals surface area contributed by atoms with Crippen LogP contribution in [0.4, 0.5) is 4.79 Å². The molecular weight excluding hydrogens is 432 g/mol. The Labute approximate surface area is 199 Å². The smallest absolute Gasteiger partial charge is 0.322 e. The average Bonchev–Trinajstić information content (AvgIpc) is 3.32. The van der Waals surface area contributed by atoms with Crippen LogP contribution in [0.5, 0.6) is 11.5 Å². The van der Waals surface area contributed by atoms with Crippen molar-refractivity contribution in [2.24, 2.45) is 0 Å². The minimum Gasteiger partial charge on any atom is -0.494 e. The number of benzene rings is 2. The van der Waals surface area contributed by atoms with Crippen LogP contribution >= 0.6 is 0 Å². The number of carbonyl (C=O) groups is 1. The van der Waals surface area contributed by atoms with Gasteiger partial charge in [-0.3, -0.25) is 4.90 Å². The van der Waals surface area contributed by atoms with Gasteiger partial charge in [-0.1, -0.05) is 24.2 Å². The maximum Gasteiger partial charge on any atom is 0.322 e. The number of amides is 2. The van der Waals surface area contributed by atoms with E-state index in [0.29, 0.717) is 31.5 Å². The SMILES string of the molecule is CCCN1C(=O)NC(c2ccc(OCC)cc2)C(c2nc(-c3ccc(OCC)cc3)no2)=C1C. The molecule has 1 N–H and O–H groups in total. The van der Waals surface area contributed by atoms with Crippen molar-refractivity contribution < 1.29 is 18.8 Å². The summed E-state index contributed by atoms with van der Waals surface area (Å²) in [7, 11) is 0. The Morgan fingerprint density at radius 2 is 1.59 bits per heavy atom. The Morgan fingerprint density at radius 1 is 0.971 bits per heavy atom. The summed E-state index contributed by atoms with van der Waals surface area (Å²) in [6.45, 7) is 9.64. The van der Waals surface area contributed by atoms with Crippen LogP contribution in [0, 0.1) is 0 Å². The third kappa shape index (κ3) is 4.76. The fourth-order valence-electron chi connectivity index (χ4n) is 4.04. The van der Waals surface area contributed by atoms with Crippen molar-refractivity contribution >= 4 is 11.6 Å². The van der Waals surface area contributed by atoms with Crippen molar-refractivity contribution in [3.05, 3.63) is 65.7 Å². The molecule has 178 valence electrons. The minimum atomic E-state index is -0.426. The Bertz CT molecular complexity index is 1150. The summed E-state index contributed by atoms with van der Waals surface area (Å²) in [5.74, 6) is 2.41. The van der Waals surface area contributed by atoms with Gasteiger partial charge in [0.05, 0.1) is 24.8 Å². The molecule has 0 aliphatic carbocycles. The number of urea groups is 1. The van der Waals surface area contributed by atoms with E-state index < -0.39 is 6.04 Å². The standard InChI is InChI=1S/C26H30N4O4/c1-5-16-30-17(4)22(23(27-26(30)31)18-8-12-20(13-9-18)32-6-2)25-28-24(29-34-25)19-10-14-21(15-11-19)33-7-3/h8-15,23H,5-7,16H2,1-4H3,(H,27,31). The van der Waals surface area contributed by atoms with Gasteiger partial charge in [0.2, 0.25) is 5.82 Å². The van der Waals surface area contributed by atoms with E-state index in [0.717, 1.165) is 40.3 Å². The molecule has 1 aliphatic rings. The number of nitrogens with one attached hydrogen (secondary N) is 1. The predicted molar refractivity (Wildman–Crippen MR) is 129 cm³/mol. The summed E-state index contributed by atoms with van der Waals surface area (Å²) in [4.78, 5) is 19.3. The zero-order valence-electron chi connectivity index (χ0n) is 20.0. The Balaban J connectivity index is 1.72. The molecule has 2 heterocycles. The monoisotopic (exact) mass is 462 g/mol. The van der Waals surface area contributed by atoms with Crippen LogP contribution in [0.1, 0.15) is 51.6 Å². The lowest BCUT2D eigenvalue weighted by molar-refractivity contribution is 0.205. The predicted octanol–water partition coefficient (Wildman–Crippen LogP) is 5.44. The van der Waals surface area contributed by atoms with Gasteiger partial charge >= 0.3 is 6.03 Å². The molecule has 0 spiro atoms. The number of nitrogens with zero attached hydrogens (tertiary/aromatic N) is 3. The van der Waals surface area contributed by atoms with Gasteiger partial charge in [-0.25, -0.2) is 4.79 Å². The first-order valence-corrected chi connectivity index (χ1v) is 11.6. The zero-order chi connectivity index (χ0) is 24.1. The zero-order valence-corrected chi connectivity index (χ0v) is 20.0. The number of allylic oxidation sites excluding steroid dienone is 1. The molecule has 1 atom stereocenters. The average molecular weight is 463 g/mol. The van der Waals surface area contributed by atoms with Crippen LogP contribution in [0.2, 0.25) is 0 Å². The molecule has 1 aliphatic heterocycles. The van der Waals surface area contributed by atoms with Crippen LogP contribution in [0.25, 0.3) is 17.0 Å². The van der Waals surface area contributed by atoms with Gasteiger partial charge in [0.25, 0.3) is 5.89 Å². The van der Waals surface area contributed by atoms with Crippen molar-refractivity contribution in [2.75, 3.05) is 19.8 Å². The molecule has 8 heteroatoms. The Hall–Kier alpha value is -3.81. The fourth-order valence-corrected chi connectivity index (χ4v) is 4.04. The highest BCUT2D eigenvalue weighted by molar-refractivity contribution is 5.86. The molecular formula is C26H30N4O4. The van der Waals surface area contributed by atoms with Crippen LogP contribution < -0.4 is 14.8 Å². The normalized spacial score (nSPS) is 15.9. The molecule has 0 fully saturated rings. The number of aromatic nitrogens is 2. The van der Waals surface area contributed by atoms with Crippen LogP contribution in [-0.4, -0.2) is 40.8 Å². The fraction of sp³-hybridized carbons (Fsp3) is 0.346. The molecule has 3 aromatic rings. The van der Waals surface area contributed by atoms with E-state index in [1.165, 1.54) is 0 Å². The summed E-state index contributed by atoms with van der Waals surface area (Å²) < 4.78 is 16.8. The van der Waals surface area contributed by atoms with Crippen LogP contribution in [-0.2, 0) is 0 Å². The number of hydrogen-bond donors (Lipinski definition) is 1. The number of carbonyl (C=O) groups excluding carboxylic acids is 1. The maximum absolute atomic E-state index is 12.9. The third-order valence-corrected chi connectivity index (χ3v) is 5.65. The summed E-state index contributed by atoms with van der Waals surface area (Å²) >= 11 is 0. The summed E-state index contributed by atoms with van der Waals surface area (Å²) in [6.07, 6.45) is 0.826. The summed E-state index contributed by atoms with van der Waals surface area (Å²) in [5, 5.41) is 7.33. The van der Waals surface area contributed by atoms with E-state index in [4.69, 9.17) is 19.0 Å². The molecule has 0 radical (unpaired) electrons. The van der Waals surface area contributed by atoms with Gasteiger partial charge in [0, 0.05) is 17.8 Å². The van der Waals surface area contributed by atoms with E-state index >= 15 is 0 Å². The molecule has 8 nitrogen and oxygen atoms in total. The molecule has 1 aromatic heterocycles. The highest BCUT2D eigenvalue weighted by Gasteiger charge is 2.35. The van der Waals surface area contributed by atoms with Crippen molar-refractivity contribution in [1.82, 2.24) is 20.4 Å². The van der Waals surface area contributed by atoms with Crippen LogP contribution in [0.15, 0.2) is 58.8 Å². The summed E-state index contributed by atoms with van der Waals surface area (Å²) in [5.41, 5.74) is 3.30. The van der Waals surface area contributed by atoms with E-state index in [9.17, 15) is 4.79 Å². The largest absolute Gasteiger partial charge is 0.494 e. The second-order valence-corrected chi connectivity index (χ2v) is 7.92. The van der Waals surface area contributed by atoms with Gasteiger partial charge in [-0.2, -0.15) is 4.98 Å². The number of hydrogen-bond acceptors (Lipinski definition) is 6.